The minimum absolute atomic E-state index is 0.0240. The second-order valence-electron chi connectivity index (χ2n) is 7.05. The van der Waals surface area contributed by atoms with E-state index in [4.69, 9.17) is 4.98 Å². The molecule has 1 saturated carbocycles. The zero-order chi connectivity index (χ0) is 17.7. The molecule has 0 radical (unpaired) electrons. The van der Waals surface area contributed by atoms with Crippen molar-refractivity contribution in [3.63, 3.8) is 0 Å². The van der Waals surface area contributed by atoms with Crippen LogP contribution in [0.2, 0.25) is 0 Å². The van der Waals surface area contributed by atoms with Crippen LogP contribution in [0.15, 0.2) is 18.3 Å². The Kier molecular flexibility index (Phi) is 3.87. The molecule has 0 atom stereocenters. The van der Waals surface area contributed by atoms with E-state index in [1.165, 1.54) is 9.75 Å². The number of pyridine rings is 1. The smallest absolute Gasteiger partial charge is 0.252 e. The summed E-state index contributed by atoms with van der Waals surface area (Å²) in [7, 11) is 0. The molecule has 1 aliphatic carbocycles. The van der Waals surface area contributed by atoms with E-state index in [1.807, 2.05) is 10.7 Å². The highest BCUT2D eigenvalue weighted by Crippen LogP contribution is 2.32. The molecule has 0 unspecified atom stereocenters. The quantitative estimate of drug-likeness (QED) is 0.762. The van der Waals surface area contributed by atoms with Gasteiger partial charge in [0.15, 0.2) is 5.65 Å². The van der Waals surface area contributed by atoms with Crippen molar-refractivity contribution in [1.29, 1.82) is 0 Å². The van der Waals surface area contributed by atoms with E-state index in [0.29, 0.717) is 11.6 Å². The Bertz CT molecular complexity index is 965. The van der Waals surface area contributed by atoms with Crippen LogP contribution in [0.1, 0.15) is 52.8 Å². The van der Waals surface area contributed by atoms with Crippen LogP contribution in [0.4, 0.5) is 0 Å². The SMILES string of the molecule is Cc1cc(-c2cc(C(=O)NC3CC3)c3cnn(C(C)C)c3n2)c(C)s1. The minimum Gasteiger partial charge on any atom is -0.349 e. The van der Waals surface area contributed by atoms with Crippen LogP contribution in [0.25, 0.3) is 22.3 Å². The van der Waals surface area contributed by atoms with Crippen LogP contribution >= 0.6 is 11.3 Å². The number of hydrogen-bond acceptors (Lipinski definition) is 4. The molecule has 4 rings (SSSR count). The van der Waals surface area contributed by atoms with Crippen molar-refractivity contribution >= 4 is 28.3 Å². The van der Waals surface area contributed by atoms with Crippen LogP contribution in [-0.4, -0.2) is 26.7 Å². The first-order valence-electron chi connectivity index (χ1n) is 8.70. The van der Waals surface area contributed by atoms with Crippen molar-refractivity contribution in [3.8, 4) is 11.3 Å². The molecule has 0 spiro atoms. The summed E-state index contributed by atoms with van der Waals surface area (Å²) in [5.41, 5.74) is 3.39. The van der Waals surface area contributed by atoms with Crippen LogP contribution in [0.5, 0.6) is 0 Å². The Morgan fingerprint density at radius 2 is 2.08 bits per heavy atom. The molecule has 130 valence electrons. The first kappa shape index (κ1) is 16.3. The maximum Gasteiger partial charge on any atom is 0.252 e. The van der Waals surface area contributed by atoms with Crippen molar-refractivity contribution < 1.29 is 4.79 Å². The highest BCUT2D eigenvalue weighted by atomic mass is 32.1. The number of nitrogens with zero attached hydrogens (tertiary/aromatic N) is 3. The summed E-state index contributed by atoms with van der Waals surface area (Å²) in [6.45, 7) is 8.34. The summed E-state index contributed by atoms with van der Waals surface area (Å²) in [5.74, 6) is -0.0240. The molecule has 5 nitrogen and oxygen atoms in total. The van der Waals surface area contributed by atoms with Crippen LogP contribution in [0.3, 0.4) is 0 Å². The monoisotopic (exact) mass is 354 g/mol. The number of fused-ring (bicyclic) bond motifs is 1. The topological polar surface area (TPSA) is 59.8 Å². The molecular formula is C19H22N4OS. The van der Waals surface area contributed by atoms with E-state index in [9.17, 15) is 4.79 Å². The minimum atomic E-state index is -0.0240. The van der Waals surface area contributed by atoms with Gasteiger partial charge in [0.25, 0.3) is 5.91 Å². The normalized spacial score (nSPS) is 14.4. The first-order valence-corrected chi connectivity index (χ1v) is 9.52. The molecular weight excluding hydrogens is 332 g/mol. The van der Waals surface area contributed by atoms with Gasteiger partial charge < -0.3 is 5.32 Å². The van der Waals surface area contributed by atoms with Crippen LogP contribution in [0, 0.1) is 13.8 Å². The van der Waals surface area contributed by atoms with Gasteiger partial charge in [-0.05, 0) is 52.7 Å². The Morgan fingerprint density at radius 3 is 2.68 bits per heavy atom. The summed E-state index contributed by atoms with van der Waals surface area (Å²) in [5, 5.41) is 8.39. The van der Waals surface area contributed by atoms with Gasteiger partial charge in [-0.25, -0.2) is 9.67 Å². The predicted octanol–water partition coefficient (Wildman–Crippen LogP) is 4.25. The molecule has 1 N–H and O–H groups in total. The van der Waals surface area contributed by atoms with E-state index in [2.05, 4.69) is 44.2 Å². The number of rotatable bonds is 4. The molecule has 3 aromatic rings. The summed E-state index contributed by atoms with van der Waals surface area (Å²) in [6.07, 6.45) is 3.90. The Morgan fingerprint density at radius 1 is 1.32 bits per heavy atom. The van der Waals surface area contributed by atoms with E-state index < -0.39 is 0 Å². The second kappa shape index (κ2) is 5.95. The lowest BCUT2D eigenvalue weighted by molar-refractivity contribution is 0.0952. The van der Waals surface area contributed by atoms with Crippen molar-refractivity contribution in [3.05, 3.63) is 33.6 Å². The third kappa shape index (κ3) is 2.95. The van der Waals surface area contributed by atoms with Gasteiger partial charge in [0.1, 0.15) is 0 Å². The molecule has 0 saturated heterocycles. The van der Waals surface area contributed by atoms with Gasteiger partial charge >= 0.3 is 0 Å². The number of carbonyl (C=O) groups excluding carboxylic acids is 1. The van der Waals surface area contributed by atoms with Gasteiger partial charge in [0.05, 0.1) is 22.8 Å². The highest BCUT2D eigenvalue weighted by Gasteiger charge is 2.26. The zero-order valence-electron chi connectivity index (χ0n) is 15.0. The van der Waals surface area contributed by atoms with E-state index in [0.717, 1.165) is 35.1 Å². The van der Waals surface area contributed by atoms with E-state index >= 15 is 0 Å². The van der Waals surface area contributed by atoms with Gasteiger partial charge in [0, 0.05) is 27.4 Å². The predicted molar refractivity (Wildman–Crippen MR) is 101 cm³/mol. The molecule has 25 heavy (non-hydrogen) atoms. The van der Waals surface area contributed by atoms with Gasteiger partial charge in [0.2, 0.25) is 0 Å². The summed E-state index contributed by atoms with van der Waals surface area (Å²) in [6, 6.07) is 4.57. The molecule has 0 aromatic carbocycles. The highest BCUT2D eigenvalue weighted by molar-refractivity contribution is 7.12. The molecule has 1 amide bonds. The standard InChI is InChI=1S/C19H22N4OS/c1-10(2)23-18-16(9-20-23)15(19(24)21-13-5-6-13)8-17(22-18)14-7-11(3)25-12(14)4/h7-10,13H,5-6H2,1-4H3,(H,21,24). The summed E-state index contributed by atoms with van der Waals surface area (Å²) < 4.78 is 1.89. The number of amides is 1. The number of nitrogens with one attached hydrogen (secondary N) is 1. The molecule has 1 aliphatic rings. The third-order valence-electron chi connectivity index (χ3n) is 4.53. The fourth-order valence-corrected chi connectivity index (χ4v) is 4.03. The Hall–Kier alpha value is -2.21. The molecule has 3 heterocycles. The van der Waals surface area contributed by atoms with Crippen LogP contribution < -0.4 is 5.32 Å². The fourth-order valence-electron chi connectivity index (χ4n) is 3.10. The lowest BCUT2D eigenvalue weighted by atomic mass is 10.1. The van der Waals surface area contributed by atoms with Crippen LogP contribution in [-0.2, 0) is 0 Å². The molecule has 0 aliphatic heterocycles. The number of hydrogen-bond donors (Lipinski definition) is 1. The zero-order valence-corrected chi connectivity index (χ0v) is 15.8. The van der Waals surface area contributed by atoms with E-state index in [-0.39, 0.29) is 11.9 Å². The average molecular weight is 354 g/mol. The first-order chi connectivity index (χ1) is 11.9. The van der Waals surface area contributed by atoms with E-state index in [1.54, 1.807) is 17.5 Å². The molecule has 1 fully saturated rings. The van der Waals surface area contributed by atoms with Gasteiger partial charge in [-0.3, -0.25) is 4.79 Å². The number of carbonyl (C=O) groups is 1. The summed E-state index contributed by atoms with van der Waals surface area (Å²) >= 11 is 1.75. The largest absolute Gasteiger partial charge is 0.349 e. The molecule has 6 heteroatoms. The molecule has 3 aromatic heterocycles. The third-order valence-corrected chi connectivity index (χ3v) is 5.50. The number of aromatic nitrogens is 3. The lowest BCUT2D eigenvalue weighted by Crippen LogP contribution is -2.25. The lowest BCUT2D eigenvalue weighted by Gasteiger charge is -2.10. The van der Waals surface area contributed by atoms with Gasteiger partial charge in [-0.2, -0.15) is 5.10 Å². The second-order valence-corrected chi connectivity index (χ2v) is 8.51. The number of thiophene rings is 1. The summed E-state index contributed by atoms with van der Waals surface area (Å²) in [4.78, 5) is 20.1. The molecule has 0 bridgehead atoms. The average Bonchev–Trinajstić information content (AvgIpc) is 3.15. The Balaban J connectivity index is 1.92. The Labute approximate surface area is 151 Å². The van der Waals surface area contributed by atoms with Crippen molar-refractivity contribution in [1.82, 2.24) is 20.1 Å². The maximum atomic E-state index is 12.8. The van der Waals surface area contributed by atoms with Gasteiger partial charge in [-0.1, -0.05) is 0 Å². The number of aryl methyl sites for hydroxylation is 2. The van der Waals surface area contributed by atoms with Crippen molar-refractivity contribution in [2.75, 3.05) is 0 Å². The maximum absolute atomic E-state index is 12.8. The fraction of sp³-hybridized carbons (Fsp3) is 0.421. The van der Waals surface area contributed by atoms with Crippen molar-refractivity contribution in [2.45, 2.75) is 52.6 Å². The van der Waals surface area contributed by atoms with Crippen molar-refractivity contribution in [2.24, 2.45) is 0 Å². The van der Waals surface area contributed by atoms with Gasteiger partial charge in [-0.15, -0.1) is 11.3 Å².